The van der Waals surface area contributed by atoms with Crippen LogP contribution in [0, 0.1) is 5.92 Å². The number of ether oxygens (including phenoxy) is 1. The van der Waals surface area contributed by atoms with Gasteiger partial charge in [-0.25, -0.2) is 8.42 Å². The molecule has 1 saturated carbocycles. The first-order valence-electron chi connectivity index (χ1n) is 9.59. The van der Waals surface area contributed by atoms with Gasteiger partial charge in [0.15, 0.2) is 0 Å². The molecule has 1 aliphatic carbocycles. The van der Waals surface area contributed by atoms with Gasteiger partial charge in [-0.15, -0.1) is 0 Å². The van der Waals surface area contributed by atoms with Crippen molar-refractivity contribution in [2.75, 3.05) is 13.2 Å². The first kappa shape index (κ1) is 19.0. The van der Waals surface area contributed by atoms with Crippen LogP contribution in [0.5, 0.6) is 5.75 Å². The first-order valence-corrected chi connectivity index (χ1v) is 11.0. The summed E-state index contributed by atoms with van der Waals surface area (Å²) >= 11 is 0. The van der Waals surface area contributed by atoms with Gasteiger partial charge >= 0.3 is 0 Å². The maximum Gasteiger partial charge on any atom is 0.251 e. The van der Waals surface area contributed by atoms with E-state index in [0.29, 0.717) is 24.5 Å². The number of rotatable bonds is 6. The smallest absolute Gasteiger partial charge is 0.251 e. The number of fused-ring (bicyclic) bond motifs is 2. The summed E-state index contributed by atoms with van der Waals surface area (Å²) < 4.78 is 33.3. The number of benzene rings is 2. The predicted octanol–water partition coefficient (Wildman–Crippen LogP) is 2.67. The molecule has 7 heteroatoms. The molecule has 1 heterocycles. The van der Waals surface area contributed by atoms with Crippen LogP contribution in [0.2, 0.25) is 0 Å². The summed E-state index contributed by atoms with van der Waals surface area (Å²) in [4.78, 5) is 12.8. The number of nitrogens with zero attached hydrogens (tertiary/aromatic N) is 1. The number of amides is 1. The molecule has 2 bridgehead atoms. The first-order chi connectivity index (χ1) is 13.5. The van der Waals surface area contributed by atoms with E-state index in [1.165, 1.54) is 0 Å². The van der Waals surface area contributed by atoms with Crippen molar-refractivity contribution in [3.05, 3.63) is 60.2 Å². The Morgan fingerprint density at radius 2 is 1.82 bits per heavy atom. The third-order valence-electron chi connectivity index (χ3n) is 5.53. The lowest BCUT2D eigenvalue weighted by Gasteiger charge is -2.32. The van der Waals surface area contributed by atoms with Gasteiger partial charge in [0.05, 0.1) is 11.5 Å². The van der Waals surface area contributed by atoms with Crippen molar-refractivity contribution in [2.45, 2.75) is 36.7 Å². The standard InChI is InChI=1S/C21H24N2O4S/c1-2-27-17-8-10-18(11-9-17)28(25,26)23-14-15-12-19(20(23)13-15)22-21(24)16-6-4-3-5-7-16/h3-11,15,19-20H,2,12-14H2,1H3,(H,22,24). The van der Waals surface area contributed by atoms with Gasteiger partial charge in [-0.2, -0.15) is 4.31 Å². The molecule has 0 spiro atoms. The zero-order valence-electron chi connectivity index (χ0n) is 15.7. The van der Waals surface area contributed by atoms with E-state index in [1.807, 2.05) is 25.1 Å². The Balaban J connectivity index is 1.50. The van der Waals surface area contributed by atoms with Crippen molar-refractivity contribution >= 4 is 15.9 Å². The molecule has 1 aliphatic heterocycles. The largest absolute Gasteiger partial charge is 0.494 e. The normalized spacial score (nSPS) is 24.2. The minimum atomic E-state index is -3.61. The highest BCUT2D eigenvalue weighted by Gasteiger charge is 2.50. The van der Waals surface area contributed by atoms with E-state index >= 15 is 0 Å². The second-order valence-corrected chi connectivity index (χ2v) is 9.22. The van der Waals surface area contributed by atoms with Crippen molar-refractivity contribution in [3.8, 4) is 5.75 Å². The molecule has 1 saturated heterocycles. The fourth-order valence-corrected chi connectivity index (χ4v) is 6.01. The molecule has 2 fully saturated rings. The van der Waals surface area contributed by atoms with Crippen molar-refractivity contribution in [2.24, 2.45) is 5.92 Å². The average Bonchev–Trinajstić information content (AvgIpc) is 3.30. The summed E-state index contributed by atoms with van der Waals surface area (Å²) in [5.74, 6) is 0.775. The van der Waals surface area contributed by atoms with E-state index in [1.54, 1.807) is 40.7 Å². The van der Waals surface area contributed by atoms with Gasteiger partial charge in [0, 0.05) is 24.2 Å². The quantitative estimate of drug-likeness (QED) is 0.809. The number of hydrogen-bond donors (Lipinski definition) is 1. The third kappa shape index (κ3) is 3.52. The molecule has 28 heavy (non-hydrogen) atoms. The molecule has 3 atom stereocenters. The summed E-state index contributed by atoms with van der Waals surface area (Å²) in [7, 11) is -3.61. The fourth-order valence-electron chi connectivity index (χ4n) is 4.26. The highest BCUT2D eigenvalue weighted by Crippen LogP contribution is 2.41. The van der Waals surface area contributed by atoms with E-state index in [9.17, 15) is 13.2 Å². The highest BCUT2D eigenvalue weighted by atomic mass is 32.2. The molecular weight excluding hydrogens is 376 g/mol. The second-order valence-electron chi connectivity index (χ2n) is 7.33. The summed E-state index contributed by atoms with van der Waals surface area (Å²) in [6.45, 7) is 2.93. The van der Waals surface area contributed by atoms with Crippen LogP contribution in [0.4, 0.5) is 0 Å². The van der Waals surface area contributed by atoms with Crippen molar-refractivity contribution in [3.63, 3.8) is 0 Å². The molecule has 148 valence electrons. The summed E-state index contributed by atoms with van der Waals surface area (Å²) in [5, 5.41) is 3.04. The highest BCUT2D eigenvalue weighted by molar-refractivity contribution is 7.89. The van der Waals surface area contributed by atoms with Crippen LogP contribution in [0.25, 0.3) is 0 Å². The van der Waals surface area contributed by atoms with Gasteiger partial charge in [0.25, 0.3) is 5.91 Å². The summed E-state index contributed by atoms with van der Waals surface area (Å²) in [6.07, 6.45) is 1.61. The third-order valence-corrected chi connectivity index (χ3v) is 7.43. The van der Waals surface area contributed by atoms with Crippen LogP contribution in [-0.4, -0.2) is 43.9 Å². The van der Waals surface area contributed by atoms with Crippen molar-refractivity contribution in [1.29, 1.82) is 0 Å². The maximum absolute atomic E-state index is 13.2. The van der Waals surface area contributed by atoms with Crippen molar-refractivity contribution in [1.82, 2.24) is 9.62 Å². The van der Waals surface area contributed by atoms with Crippen LogP contribution in [0.3, 0.4) is 0 Å². The lowest BCUT2D eigenvalue weighted by Crippen LogP contribution is -2.51. The molecular formula is C21H24N2O4S. The average molecular weight is 401 g/mol. The minimum Gasteiger partial charge on any atom is -0.494 e. The molecule has 2 aromatic rings. The number of hydrogen-bond acceptors (Lipinski definition) is 4. The number of piperidine rings is 1. The fraction of sp³-hybridized carbons (Fsp3) is 0.381. The minimum absolute atomic E-state index is 0.156. The van der Waals surface area contributed by atoms with Crippen LogP contribution < -0.4 is 10.1 Å². The zero-order chi connectivity index (χ0) is 19.7. The van der Waals surface area contributed by atoms with E-state index < -0.39 is 10.0 Å². The molecule has 4 rings (SSSR count). The lowest BCUT2D eigenvalue weighted by atomic mass is 10.1. The van der Waals surface area contributed by atoms with Gasteiger partial charge in [-0.1, -0.05) is 18.2 Å². The SMILES string of the molecule is CCOc1ccc(S(=O)(=O)N2CC3CC(NC(=O)c4ccccc4)C2C3)cc1. The Kier molecular flexibility index (Phi) is 5.12. The van der Waals surface area contributed by atoms with Crippen LogP contribution in [0.15, 0.2) is 59.5 Å². The summed E-state index contributed by atoms with van der Waals surface area (Å²) in [6, 6.07) is 15.2. The Hall–Kier alpha value is -2.38. The maximum atomic E-state index is 13.2. The van der Waals surface area contributed by atoms with E-state index in [2.05, 4.69) is 5.32 Å². The Morgan fingerprint density at radius 1 is 1.11 bits per heavy atom. The number of carbonyl (C=O) groups is 1. The summed E-state index contributed by atoms with van der Waals surface area (Å²) in [5.41, 5.74) is 0.589. The molecule has 1 amide bonds. The van der Waals surface area contributed by atoms with Gasteiger partial charge in [0.1, 0.15) is 5.75 Å². The Morgan fingerprint density at radius 3 is 2.46 bits per heavy atom. The number of sulfonamides is 1. The number of carbonyl (C=O) groups excluding carboxylic acids is 1. The van der Waals surface area contributed by atoms with Crippen molar-refractivity contribution < 1.29 is 17.9 Å². The topological polar surface area (TPSA) is 75.7 Å². The van der Waals surface area contributed by atoms with E-state index in [-0.39, 0.29) is 28.8 Å². The number of nitrogens with one attached hydrogen (secondary N) is 1. The molecule has 0 aromatic heterocycles. The molecule has 3 unspecified atom stereocenters. The second kappa shape index (κ2) is 7.56. The van der Waals surface area contributed by atoms with Gasteiger partial charge in [-0.05, 0) is 62.1 Å². The van der Waals surface area contributed by atoms with Crippen LogP contribution in [-0.2, 0) is 10.0 Å². The van der Waals surface area contributed by atoms with Gasteiger partial charge in [0.2, 0.25) is 10.0 Å². The molecule has 2 aromatic carbocycles. The Labute approximate surface area is 165 Å². The Bertz CT molecular complexity index is 944. The van der Waals surface area contributed by atoms with Gasteiger partial charge < -0.3 is 10.1 Å². The zero-order valence-corrected chi connectivity index (χ0v) is 16.6. The lowest BCUT2D eigenvalue weighted by molar-refractivity contribution is 0.0917. The molecule has 0 radical (unpaired) electrons. The predicted molar refractivity (Wildman–Crippen MR) is 106 cm³/mol. The van der Waals surface area contributed by atoms with Gasteiger partial charge in [-0.3, -0.25) is 4.79 Å². The van der Waals surface area contributed by atoms with E-state index in [4.69, 9.17) is 4.74 Å². The molecule has 1 N–H and O–H groups in total. The van der Waals surface area contributed by atoms with Crippen LogP contribution >= 0.6 is 0 Å². The molecule has 6 nitrogen and oxygen atoms in total. The molecule has 2 aliphatic rings. The van der Waals surface area contributed by atoms with E-state index in [0.717, 1.165) is 12.8 Å². The monoisotopic (exact) mass is 400 g/mol. The van der Waals surface area contributed by atoms with Crippen LogP contribution in [0.1, 0.15) is 30.1 Å².